The van der Waals surface area contributed by atoms with Crippen LogP contribution in [0.15, 0.2) is 12.2 Å². The summed E-state index contributed by atoms with van der Waals surface area (Å²) in [6.07, 6.45) is 22.1. The van der Waals surface area contributed by atoms with Crippen LogP contribution in [0.5, 0.6) is 0 Å². The van der Waals surface area contributed by atoms with Gasteiger partial charge in [-0.25, -0.2) is 0 Å². The Bertz CT molecular complexity index is 184. The predicted molar refractivity (Wildman–Crippen MR) is 80.9 cm³/mol. The number of carbonyl (C=O) groups excluding carboxylic acids is 1. The number of unbranched alkanes of at least 4 members (excludes halogenated alkanes) is 11. The SMILES string of the molecule is CCCCCCCCCCCC/C=C/CCC=O. The molecule has 0 aromatic carbocycles. The summed E-state index contributed by atoms with van der Waals surface area (Å²) >= 11 is 0. The van der Waals surface area contributed by atoms with Crippen LogP contribution in [0.2, 0.25) is 0 Å². The third kappa shape index (κ3) is 15.4. The minimum absolute atomic E-state index is 0.675. The molecular weight excluding hydrogens is 220 g/mol. The van der Waals surface area contributed by atoms with Gasteiger partial charge in [-0.1, -0.05) is 76.9 Å². The van der Waals surface area contributed by atoms with Crippen LogP contribution in [0.25, 0.3) is 0 Å². The van der Waals surface area contributed by atoms with E-state index in [4.69, 9.17) is 0 Å². The fraction of sp³-hybridized carbons (Fsp3) is 0.824. The lowest BCUT2D eigenvalue weighted by atomic mass is 10.1. The second-order valence-electron chi connectivity index (χ2n) is 5.19. The van der Waals surface area contributed by atoms with Crippen molar-refractivity contribution in [1.29, 1.82) is 0 Å². The monoisotopic (exact) mass is 252 g/mol. The van der Waals surface area contributed by atoms with Crippen LogP contribution in [0, 0.1) is 0 Å². The minimum Gasteiger partial charge on any atom is -0.303 e. The fourth-order valence-corrected chi connectivity index (χ4v) is 2.15. The van der Waals surface area contributed by atoms with Crippen LogP contribution in [-0.2, 0) is 4.79 Å². The molecule has 18 heavy (non-hydrogen) atoms. The highest BCUT2D eigenvalue weighted by atomic mass is 16.1. The van der Waals surface area contributed by atoms with E-state index >= 15 is 0 Å². The first-order valence-corrected chi connectivity index (χ1v) is 8.00. The van der Waals surface area contributed by atoms with Gasteiger partial charge in [-0.3, -0.25) is 0 Å². The third-order valence-electron chi connectivity index (χ3n) is 3.34. The first-order valence-electron chi connectivity index (χ1n) is 8.00. The van der Waals surface area contributed by atoms with E-state index < -0.39 is 0 Å². The van der Waals surface area contributed by atoms with Crippen molar-refractivity contribution in [3.8, 4) is 0 Å². The van der Waals surface area contributed by atoms with Crippen LogP contribution >= 0.6 is 0 Å². The average Bonchev–Trinajstić information content (AvgIpc) is 2.39. The Morgan fingerprint density at radius 1 is 0.611 bits per heavy atom. The van der Waals surface area contributed by atoms with Crippen molar-refractivity contribution in [2.45, 2.75) is 90.4 Å². The number of rotatable bonds is 14. The molecule has 0 aromatic rings. The molecule has 0 saturated carbocycles. The molecule has 0 aliphatic rings. The Balaban J connectivity index is 2.98. The maximum absolute atomic E-state index is 10.1. The van der Waals surface area contributed by atoms with Gasteiger partial charge in [-0.05, 0) is 19.3 Å². The molecule has 0 unspecified atom stereocenters. The highest BCUT2D eigenvalue weighted by Crippen LogP contribution is 2.11. The lowest BCUT2D eigenvalue weighted by Crippen LogP contribution is -1.81. The van der Waals surface area contributed by atoms with Gasteiger partial charge < -0.3 is 4.79 Å². The summed E-state index contributed by atoms with van der Waals surface area (Å²) in [7, 11) is 0. The van der Waals surface area contributed by atoms with Crippen LogP contribution in [0.1, 0.15) is 90.4 Å². The Morgan fingerprint density at radius 3 is 1.67 bits per heavy atom. The molecule has 1 heteroatoms. The zero-order valence-electron chi connectivity index (χ0n) is 12.3. The highest BCUT2D eigenvalue weighted by molar-refractivity contribution is 5.49. The molecule has 0 aromatic heterocycles. The summed E-state index contributed by atoms with van der Waals surface area (Å²) in [5.74, 6) is 0. The van der Waals surface area contributed by atoms with Crippen molar-refractivity contribution >= 4 is 6.29 Å². The Kier molecular flexibility index (Phi) is 15.9. The quantitative estimate of drug-likeness (QED) is 0.216. The zero-order valence-corrected chi connectivity index (χ0v) is 12.3. The summed E-state index contributed by atoms with van der Waals surface area (Å²) in [5.41, 5.74) is 0. The lowest BCUT2D eigenvalue weighted by molar-refractivity contribution is -0.107. The van der Waals surface area contributed by atoms with E-state index in [0.29, 0.717) is 6.42 Å². The van der Waals surface area contributed by atoms with Crippen molar-refractivity contribution in [2.24, 2.45) is 0 Å². The van der Waals surface area contributed by atoms with Gasteiger partial charge in [-0.2, -0.15) is 0 Å². The van der Waals surface area contributed by atoms with E-state index in [0.717, 1.165) is 12.7 Å². The Morgan fingerprint density at radius 2 is 1.11 bits per heavy atom. The summed E-state index contributed by atoms with van der Waals surface area (Å²) in [6.45, 7) is 2.27. The molecule has 0 radical (unpaired) electrons. The van der Waals surface area contributed by atoms with Crippen molar-refractivity contribution < 1.29 is 4.79 Å². The van der Waals surface area contributed by atoms with Crippen LogP contribution in [0.3, 0.4) is 0 Å². The van der Waals surface area contributed by atoms with E-state index in [-0.39, 0.29) is 0 Å². The summed E-state index contributed by atoms with van der Waals surface area (Å²) in [5, 5.41) is 0. The summed E-state index contributed by atoms with van der Waals surface area (Å²) < 4.78 is 0. The van der Waals surface area contributed by atoms with Crippen LogP contribution < -0.4 is 0 Å². The predicted octanol–water partition coefficient (Wildman–Crippen LogP) is 5.83. The first kappa shape index (κ1) is 17.4. The Labute approximate surface area is 114 Å². The minimum atomic E-state index is 0.675. The molecule has 0 N–H and O–H groups in total. The molecule has 0 rings (SSSR count). The largest absolute Gasteiger partial charge is 0.303 e. The number of allylic oxidation sites excluding steroid dienone is 2. The molecular formula is C17H32O. The van der Waals surface area contributed by atoms with Crippen molar-refractivity contribution in [3.05, 3.63) is 12.2 Å². The molecule has 0 fully saturated rings. The normalized spacial score (nSPS) is 11.2. The molecule has 1 nitrogen and oxygen atoms in total. The highest BCUT2D eigenvalue weighted by Gasteiger charge is 1.91. The van der Waals surface area contributed by atoms with Gasteiger partial charge >= 0.3 is 0 Å². The second kappa shape index (κ2) is 16.4. The molecule has 0 spiro atoms. The number of aldehydes is 1. The smallest absolute Gasteiger partial charge is 0.120 e. The van der Waals surface area contributed by atoms with Crippen molar-refractivity contribution in [3.63, 3.8) is 0 Å². The number of hydrogen-bond donors (Lipinski definition) is 0. The van der Waals surface area contributed by atoms with Crippen molar-refractivity contribution in [2.75, 3.05) is 0 Å². The van der Waals surface area contributed by atoms with E-state index in [2.05, 4.69) is 19.1 Å². The molecule has 106 valence electrons. The standard InChI is InChI=1S/C17H32O/c1-2-3-4-5-6-7-8-9-10-11-12-13-14-15-16-17-18/h13-14,17H,2-12,15-16H2,1H3/b14-13+. The third-order valence-corrected chi connectivity index (χ3v) is 3.34. The van der Waals surface area contributed by atoms with Crippen molar-refractivity contribution in [1.82, 2.24) is 0 Å². The van der Waals surface area contributed by atoms with E-state index in [1.165, 1.54) is 70.6 Å². The van der Waals surface area contributed by atoms with Gasteiger partial charge in [-0.15, -0.1) is 0 Å². The molecule has 0 atom stereocenters. The van der Waals surface area contributed by atoms with E-state index in [1.807, 2.05) is 0 Å². The van der Waals surface area contributed by atoms with Gasteiger partial charge in [0.1, 0.15) is 6.29 Å². The van der Waals surface area contributed by atoms with Crippen LogP contribution in [0.4, 0.5) is 0 Å². The van der Waals surface area contributed by atoms with Gasteiger partial charge in [0.25, 0.3) is 0 Å². The average molecular weight is 252 g/mol. The molecule has 0 bridgehead atoms. The molecule has 0 saturated heterocycles. The molecule has 0 aliphatic carbocycles. The lowest BCUT2D eigenvalue weighted by Gasteiger charge is -2.01. The fourth-order valence-electron chi connectivity index (χ4n) is 2.15. The summed E-state index contributed by atoms with van der Waals surface area (Å²) in [6, 6.07) is 0. The van der Waals surface area contributed by atoms with Gasteiger partial charge in [0.15, 0.2) is 0 Å². The topological polar surface area (TPSA) is 17.1 Å². The number of carbonyl (C=O) groups is 1. The second-order valence-corrected chi connectivity index (χ2v) is 5.19. The Hall–Kier alpha value is -0.590. The number of hydrogen-bond acceptors (Lipinski definition) is 1. The van der Waals surface area contributed by atoms with Gasteiger partial charge in [0, 0.05) is 6.42 Å². The summed E-state index contributed by atoms with van der Waals surface area (Å²) in [4.78, 5) is 10.1. The zero-order chi connectivity index (χ0) is 13.3. The maximum atomic E-state index is 10.1. The van der Waals surface area contributed by atoms with Crippen LogP contribution in [-0.4, -0.2) is 6.29 Å². The van der Waals surface area contributed by atoms with E-state index in [1.54, 1.807) is 0 Å². The molecule has 0 aliphatic heterocycles. The molecule has 0 amide bonds. The van der Waals surface area contributed by atoms with Gasteiger partial charge in [0.2, 0.25) is 0 Å². The molecule has 0 heterocycles. The van der Waals surface area contributed by atoms with E-state index in [9.17, 15) is 4.79 Å². The van der Waals surface area contributed by atoms with Gasteiger partial charge in [0.05, 0.1) is 0 Å². The maximum Gasteiger partial charge on any atom is 0.120 e. The first-order chi connectivity index (χ1) is 8.91.